The third-order valence-electron chi connectivity index (χ3n) is 5.74. The molecular formula is C26H32N4O6. The molecule has 4 N–H and O–H groups in total. The highest BCUT2D eigenvalue weighted by Crippen LogP contribution is 2.24. The van der Waals surface area contributed by atoms with Crippen LogP contribution in [0.15, 0.2) is 58.5 Å². The second kappa shape index (κ2) is 13.6. The molecule has 1 aliphatic rings. The molecule has 2 aromatic carbocycles. The van der Waals surface area contributed by atoms with Crippen LogP contribution in [0.1, 0.15) is 12.8 Å². The summed E-state index contributed by atoms with van der Waals surface area (Å²) in [6.07, 6.45) is -0.251. The first-order valence-electron chi connectivity index (χ1n) is 11.8. The molecule has 0 unspecified atom stereocenters. The van der Waals surface area contributed by atoms with Crippen molar-refractivity contribution in [2.24, 2.45) is 9.98 Å². The summed E-state index contributed by atoms with van der Waals surface area (Å²) in [6.45, 7) is 1.38. The molecule has 36 heavy (non-hydrogen) atoms. The van der Waals surface area contributed by atoms with Crippen LogP contribution in [0.25, 0.3) is 0 Å². The Hall–Kier alpha value is -3.44. The van der Waals surface area contributed by atoms with Gasteiger partial charge in [0, 0.05) is 44.0 Å². The fraction of sp³-hybridized carbons (Fsp3) is 0.385. The average molecular weight is 497 g/mol. The lowest BCUT2D eigenvalue weighted by atomic mass is 9.93. The first-order valence-corrected chi connectivity index (χ1v) is 11.8. The fourth-order valence-corrected chi connectivity index (χ4v) is 3.92. The Balaban J connectivity index is 1.77. The molecule has 3 rings (SSSR count). The van der Waals surface area contributed by atoms with Gasteiger partial charge in [-0.1, -0.05) is 0 Å². The summed E-state index contributed by atoms with van der Waals surface area (Å²) in [6, 6.07) is 14.2. The summed E-state index contributed by atoms with van der Waals surface area (Å²) in [4.78, 5) is 37.5. The van der Waals surface area contributed by atoms with Crippen molar-refractivity contribution in [3.63, 3.8) is 0 Å². The number of Topliss-reactive ketones (excluding diaryl/α,β-unsaturated/α-hetero) is 2. The molecule has 0 aliphatic heterocycles. The van der Waals surface area contributed by atoms with E-state index in [1.807, 2.05) is 9.80 Å². The summed E-state index contributed by atoms with van der Waals surface area (Å²) in [5, 5.41) is 36.9. The van der Waals surface area contributed by atoms with Crippen LogP contribution >= 0.6 is 0 Å². The summed E-state index contributed by atoms with van der Waals surface area (Å²) in [5.41, 5.74) is 3.26. The maximum absolute atomic E-state index is 12.5. The van der Waals surface area contributed by atoms with Gasteiger partial charge in [0.1, 0.15) is 0 Å². The Morgan fingerprint density at radius 1 is 0.556 bits per heavy atom. The van der Waals surface area contributed by atoms with Crippen LogP contribution in [-0.2, 0) is 9.59 Å². The lowest BCUT2D eigenvalue weighted by Crippen LogP contribution is -2.32. The number of carbonyl (C=O) groups excluding carboxylic acids is 2. The maximum Gasteiger partial charge on any atom is 0.185 e. The normalized spacial score (nSPS) is 16.1. The van der Waals surface area contributed by atoms with Crippen molar-refractivity contribution < 1.29 is 30.0 Å². The van der Waals surface area contributed by atoms with Crippen LogP contribution in [0.4, 0.5) is 22.7 Å². The number of aliphatic hydroxyl groups excluding tert-OH is 4. The highest BCUT2D eigenvalue weighted by molar-refractivity contribution is 6.61. The van der Waals surface area contributed by atoms with E-state index in [1.54, 1.807) is 48.5 Å². The summed E-state index contributed by atoms with van der Waals surface area (Å²) in [5.74, 6) is -0.659. The molecule has 0 heterocycles. The van der Waals surface area contributed by atoms with Gasteiger partial charge < -0.3 is 30.2 Å². The number of rotatable bonds is 12. The minimum atomic E-state index is -0.329. The first-order chi connectivity index (χ1) is 17.5. The van der Waals surface area contributed by atoms with Crippen molar-refractivity contribution in [3.8, 4) is 0 Å². The predicted octanol–water partition coefficient (Wildman–Crippen LogP) is 1.05. The fourth-order valence-electron chi connectivity index (χ4n) is 3.92. The minimum absolute atomic E-state index is 0.0312. The monoisotopic (exact) mass is 496 g/mol. The van der Waals surface area contributed by atoms with Gasteiger partial charge in [-0.3, -0.25) is 9.59 Å². The van der Waals surface area contributed by atoms with Gasteiger partial charge in [0.15, 0.2) is 11.6 Å². The second-order valence-electron chi connectivity index (χ2n) is 8.22. The van der Waals surface area contributed by atoms with Gasteiger partial charge in [-0.2, -0.15) is 0 Å². The quantitative estimate of drug-likeness (QED) is 0.319. The van der Waals surface area contributed by atoms with E-state index in [9.17, 15) is 30.0 Å². The Labute approximate surface area is 209 Å². The van der Waals surface area contributed by atoms with Crippen molar-refractivity contribution in [1.82, 2.24) is 0 Å². The molecule has 1 aliphatic carbocycles. The molecule has 10 heteroatoms. The molecule has 0 saturated heterocycles. The maximum atomic E-state index is 12.5. The van der Waals surface area contributed by atoms with Crippen molar-refractivity contribution in [2.45, 2.75) is 12.8 Å². The van der Waals surface area contributed by atoms with Crippen LogP contribution in [0.2, 0.25) is 0 Å². The molecule has 0 atom stereocenters. The summed E-state index contributed by atoms with van der Waals surface area (Å²) >= 11 is 0. The van der Waals surface area contributed by atoms with Gasteiger partial charge >= 0.3 is 0 Å². The Morgan fingerprint density at radius 3 is 1.19 bits per heavy atom. The number of aliphatic hydroxyl groups is 4. The highest BCUT2D eigenvalue weighted by atomic mass is 16.3. The molecule has 0 aromatic heterocycles. The van der Waals surface area contributed by atoms with E-state index in [-0.39, 0.29) is 62.3 Å². The second-order valence-corrected chi connectivity index (χ2v) is 8.22. The Kier molecular flexibility index (Phi) is 10.3. The van der Waals surface area contributed by atoms with Gasteiger partial charge in [-0.15, -0.1) is 0 Å². The smallest absolute Gasteiger partial charge is 0.185 e. The molecule has 0 radical (unpaired) electrons. The predicted molar refractivity (Wildman–Crippen MR) is 139 cm³/mol. The molecule has 2 aromatic rings. The number of ketones is 2. The zero-order valence-electron chi connectivity index (χ0n) is 20.1. The first kappa shape index (κ1) is 27.2. The van der Waals surface area contributed by atoms with Gasteiger partial charge in [0.05, 0.1) is 55.6 Å². The molecule has 10 nitrogen and oxygen atoms in total. The SMILES string of the molecule is O=C1CC(=O)C(=Nc2ccc(N(CCO)CCO)cc2)CC1=Nc1ccc(N(CCO)CCO)cc1. The van der Waals surface area contributed by atoms with Crippen molar-refractivity contribution in [2.75, 3.05) is 62.4 Å². The third-order valence-corrected chi connectivity index (χ3v) is 5.74. The van der Waals surface area contributed by atoms with Gasteiger partial charge in [-0.05, 0) is 48.5 Å². The largest absolute Gasteiger partial charge is 0.395 e. The Morgan fingerprint density at radius 2 is 0.889 bits per heavy atom. The average Bonchev–Trinajstić information content (AvgIpc) is 2.87. The lowest BCUT2D eigenvalue weighted by Gasteiger charge is -2.23. The molecule has 1 saturated carbocycles. The molecule has 192 valence electrons. The van der Waals surface area contributed by atoms with Crippen molar-refractivity contribution >= 4 is 45.7 Å². The number of anilines is 2. The lowest BCUT2D eigenvalue weighted by molar-refractivity contribution is -0.120. The van der Waals surface area contributed by atoms with E-state index in [0.29, 0.717) is 37.6 Å². The zero-order chi connectivity index (χ0) is 25.9. The summed E-state index contributed by atoms with van der Waals surface area (Å²) < 4.78 is 0. The highest BCUT2D eigenvalue weighted by Gasteiger charge is 2.28. The number of nitrogens with zero attached hydrogens (tertiary/aromatic N) is 4. The van der Waals surface area contributed by atoms with Crippen LogP contribution in [-0.4, -0.2) is 96.0 Å². The molecule has 1 fully saturated rings. The van der Waals surface area contributed by atoms with E-state index < -0.39 is 0 Å². The van der Waals surface area contributed by atoms with E-state index in [2.05, 4.69) is 9.98 Å². The standard InChI is InChI=1S/C26H32N4O6/c31-13-9-29(10-14-32)21-5-1-19(2-6-21)27-23-17-24(26(36)18-25(23)35)28-20-3-7-22(8-4-20)30(11-15-33)12-16-34/h1-8,31-34H,9-18H2. The van der Waals surface area contributed by atoms with Crippen LogP contribution in [0.3, 0.4) is 0 Å². The summed E-state index contributed by atoms with van der Waals surface area (Å²) in [7, 11) is 0. The number of hydrogen-bond donors (Lipinski definition) is 4. The number of aliphatic imine (C=N–C) groups is 2. The molecule has 0 bridgehead atoms. The van der Waals surface area contributed by atoms with Crippen molar-refractivity contribution in [1.29, 1.82) is 0 Å². The van der Waals surface area contributed by atoms with Crippen LogP contribution in [0.5, 0.6) is 0 Å². The third kappa shape index (κ3) is 7.28. The van der Waals surface area contributed by atoms with E-state index in [1.165, 1.54) is 0 Å². The number of benzene rings is 2. The van der Waals surface area contributed by atoms with Crippen molar-refractivity contribution in [3.05, 3.63) is 48.5 Å². The number of hydrogen-bond acceptors (Lipinski definition) is 10. The molecule has 0 spiro atoms. The van der Waals surface area contributed by atoms with Gasteiger partial charge in [0.25, 0.3) is 0 Å². The van der Waals surface area contributed by atoms with E-state index >= 15 is 0 Å². The van der Waals surface area contributed by atoms with Crippen LogP contribution in [0, 0.1) is 0 Å². The minimum Gasteiger partial charge on any atom is -0.395 e. The van der Waals surface area contributed by atoms with E-state index in [4.69, 9.17) is 0 Å². The molecule has 0 amide bonds. The topological polar surface area (TPSA) is 146 Å². The zero-order valence-corrected chi connectivity index (χ0v) is 20.1. The Bertz CT molecular complexity index is 985. The van der Waals surface area contributed by atoms with Gasteiger partial charge in [0.2, 0.25) is 0 Å². The van der Waals surface area contributed by atoms with E-state index in [0.717, 1.165) is 11.4 Å². The molecular weight excluding hydrogens is 464 g/mol. The van der Waals surface area contributed by atoms with Crippen LogP contribution < -0.4 is 9.80 Å². The number of carbonyl (C=O) groups is 2. The van der Waals surface area contributed by atoms with Gasteiger partial charge in [-0.25, -0.2) is 9.98 Å².